The molecular weight excluding hydrogens is 332 g/mol. The first-order valence-corrected chi connectivity index (χ1v) is 7.73. The maximum atomic E-state index is 12.4. The highest BCUT2D eigenvalue weighted by Gasteiger charge is 2.18. The second-order valence-electron chi connectivity index (χ2n) is 5.23. The van der Waals surface area contributed by atoms with Gasteiger partial charge in [-0.15, -0.1) is 0 Å². The van der Waals surface area contributed by atoms with Crippen LogP contribution in [0, 0.1) is 0 Å². The summed E-state index contributed by atoms with van der Waals surface area (Å²) in [6.07, 6.45) is 0.743. The highest BCUT2D eigenvalue weighted by molar-refractivity contribution is 6.32. The Morgan fingerprint density at radius 2 is 1.88 bits per heavy atom. The summed E-state index contributed by atoms with van der Waals surface area (Å²) >= 11 is 6.19. The fourth-order valence-electron chi connectivity index (χ4n) is 2.32. The number of hydrogen-bond donors (Lipinski definition) is 2. The predicted molar refractivity (Wildman–Crippen MR) is 90.0 cm³/mol. The average Bonchev–Trinajstić information content (AvgIpc) is 2.80. The van der Waals surface area contributed by atoms with Gasteiger partial charge < -0.3 is 20.5 Å². The number of benzene rings is 2. The number of primary amides is 1. The number of carbonyl (C=O) groups is 2. The Morgan fingerprint density at radius 1 is 1.08 bits per heavy atom. The third kappa shape index (κ3) is 3.44. The minimum absolute atomic E-state index is 0.310. The van der Waals surface area contributed by atoms with E-state index in [0.717, 1.165) is 6.42 Å². The van der Waals surface area contributed by atoms with Crippen molar-refractivity contribution in [2.45, 2.75) is 6.42 Å². The highest BCUT2D eigenvalue weighted by Crippen LogP contribution is 2.38. The number of nitrogens with two attached hydrogens (primary N) is 1. The van der Waals surface area contributed by atoms with Crippen molar-refractivity contribution in [3.05, 3.63) is 52.5 Å². The molecule has 0 radical (unpaired) electrons. The molecule has 0 saturated heterocycles. The van der Waals surface area contributed by atoms with Crippen LogP contribution in [0.4, 0.5) is 5.69 Å². The topological polar surface area (TPSA) is 90.7 Å². The number of amides is 2. The van der Waals surface area contributed by atoms with E-state index in [9.17, 15) is 9.59 Å². The lowest BCUT2D eigenvalue weighted by atomic mass is 10.1. The molecule has 0 fully saturated rings. The molecule has 0 saturated carbocycles. The lowest BCUT2D eigenvalue weighted by Gasteiger charge is -2.12. The van der Waals surface area contributed by atoms with E-state index < -0.39 is 5.91 Å². The molecule has 1 heterocycles. The van der Waals surface area contributed by atoms with Crippen LogP contribution in [0.2, 0.25) is 5.02 Å². The first-order chi connectivity index (χ1) is 11.5. The Kier molecular flexibility index (Phi) is 4.57. The Balaban J connectivity index is 1.85. The van der Waals surface area contributed by atoms with Gasteiger partial charge in [0, 0.05) is 23.2 Å². The predicted octanol–water partition coefficient (Wildman–Crippen LogP) is 2.85. The summed E-state index contributed by atoms with van der Waals surface area (Å²) in [6, 6.07) is 9.47. The van der Waals surface area contributed by atoms with E-state index in [2.05, 4.69) is 5.32 Å². The normalized spacial score (nSPS) is 13.0. The first kappa shape index (κ1) is 16.1. The third-order valence-electron chi connectivity index (χ3n) is 3.47. The maximum absolute atomic E-state index is 12.4. The van der Waals surface area contributed by atoms with Gasteiger partial charge in [-0.25, -0.2) is 0 Å². The SMILES string of the molecule is NC(=O)c1cccc(NC(=O)c2cc(Cl)c3c(c2)OCCCO3)c1. The molecule has 2 aromatic carbocycles. The molecule has 0 spiro atoms. The number of carbonyl (C=O) groups excluding carboxylic acids is 2. The number of ether oxygens (including phenoxy) is 2. The van der Waals surface area contributed by atoms with Crippen LogP contribution in [0.1, 0.15) is 27.1 Å². The van der Waals surface area contributed by atoms with Gasteiger partial charge in [0.1, 0.15) is 0 Å². The minimum Gasteiger partial charge on any atom is -0.489 e. The van der Waals surface area contributed by atoms with Crippen LogP contribution >= 0.6 is 11.6 Å². The average molecular weight is 347 g/mol. The van der Waals surface area contributed by atoms with Crippen molar-refractivity contribution in [2.24, 2.45) is 5.73 Å². The lowest BCUT2D eigenvalue weighted by Crippen LogP contribution is -2.14. The molecule has 0 bridgehead atoms. The van der Waals surface area contributed by atoms with E-state index in [4.69, 9.17) is 26.8 Å². The van der Waals surface area contributed by atoms with Crippen molar-refractivity contribution in [1.29, 1.82) is 0 Å². The molecule has 1 aliphatic heterocycles. The van der Waals surface area contributed by atoms with Crippen molar-refractivity contribution < 1.29 is 19.1 Å². The summed E-state index contributed by atoms with van der Waals surface area (Å²) in [6.45, 7) is 1.01. The number of anilines is 1. The van der Waals surface area contributed by atoms with Gasteiger partial charge in [0.25, 0.3) is 5.91 Å². The number of halogens is 1. The molecule has 124 valence electrons. The van der Waals surface area contributed by atoms with Gasteiger partial charge in [0.2, 0.25) is 5.91 Å². The van der Waals surface area contributed by atoms with Crippen LogP contribution in [-0.2, 0) is 0 Å². The largest absolute Gasteiger partial charge is 0.489 e. The molecule has 0 atom stereocenters. The standard InChI is InChI=1S/C17H15ClN2O4/c18-13-8-11(9-14-15(13)24-6-2-5-23-14)17(22)20-12-4-1-3-10(7-12)16(19)21/h1,3-4,7-9H,2,5-6H2,(H2,19,21)(H,20,22). The number of fused-ring (bicyclic) bond motifs is 1. The third-order valence-corrected chi connectivity index (χ3v) is 3.75. The van der Waals surface area contributed by atoms with Gasteiger partial charge >= 0.3 is 0 Å². The van der Waals surface area contributed by atoms with Crippen molar-refractivity contribution in [3.8, 4) is 11.5 Å². The Hall–Kier alpha value is -2.73. The molecule has 2 aromatic rings. The molecule has 0 aliphatic carbocycles. The van der Waals surface area contributed by atoms with Crippen LogP contribution in [0.3, 0.4) is 0 Å². The van der Waals surface area contributed by atoms with Crippen molar-refractivity contribution in [2.75, 3.05) is 18.5 Å². The molecule has 7 heteroatoms. The molecule has 24 heavy (non-hydrogen) atoms. The molecule has 0 unspecified atom stereocenters. The van der Waals surface area contributed by atoms with Crippen molar-refractivity contribution >= 4 is 29.1 Å². The van der Waals surface area contributed by atoms with E-state index in [1.807, 2.05) is 0 Å². The fourth-order valence-corrected chi connectivity index (χ4v) is 2.58. The van der Waals surface area contributed by atoms with E-state index in [0.29, 0.717) is 46.5 Å². The van der Waals surface area contributed by atoms with Crippen LogP contribution < -0.4 is 20.5 Å². The van der Waals surface area contributed by atoms with Gasteiger partial charge in [-0.05, 0) is 30.3 Å². The zero-order valence-corrected chi connectivity index (χ0v) is 13.4. The fraction of sp³-hybridized carbons (Fsp3) is 0.176. The second kappa shape index (κ2) is 6.80. The highest BCUT2D eigenvalue weighted by atomic mass is 35.5. The number of nitrogens with one attached hydrogen (secondary N) is 1. The molecule has 6 nitrogen and oxygen atoms in total. The summed E-state index contributed by atoms with van der Waals surface area (Å²) < 4.78 is 11.1. The van der Waals surface area contributed by atoms with Gasteiger partial charge in [-0.3, -0.25) is 9.59 Å². The van der Waals surface area contributed by atoms with E-state index in [-0.39, 0.29) is 5.91 Å². The van der Waals surface area contributed by atoms with Crippen LogP contribution in [-0.4, -0.2) is 25.0 Å². The summed E-state index contributed by atoms with van der Waals surface area (Å²) in [4.78, 5) is 23.6. The zero-order valence-electron chi connectivity index (χ0n) is 12.7. The smallest absolute Gasteiger partial charge is 0.255 e. The van der Waals surface area contributed by atoms with Gasteiger partial charge in [0.05, 0.1) is 18.2 Å². The van der Waals surface area contributed by atoms with Crippen LogP contribution in [0.25, 0.3) is 0 Å². The minimum atomic E-state index is -0.565. The molecular formula is C17H15ClN2O4. The monoisotopic (exact) mass is 346 g/mol. The summed E-state index contributed by atoms with van der Waals surface area (Å²) in [5.41, 5.74) is 6.33. The van der Waals surface area contributed by atoms with Gasteiger partial charge in [0.15, 0.2) is 11.5 Å². The number of hydrogen-bond acceptors (Lipinski definition) is 4. The quantitative estimate of drug-likeness (QED) is 0.894. The lowest BCUT2D eigenvalue weighted by molar-refractivity contribution is 0.0996. The molecule has 3 rings (SSSR count). The van der Waals surface area contributed by atoms with Crippen LogP contribution in [0.15, 0.2) is 36.4 Å². The Morgan fingerprint density at radius 3 is 2.67 bits per heavy atom. The molecule has 0 aromatic heterocycles. The van der Waals surface area contributed by atoms with Crippen molar-refractivity contribution in [3.63, 3.8) is 0 Å². The molecule has 3 N–H and O–H groups in total. The Labute approximate surface area is 143 Å². The first-order valence-electron chi connectivity index (χ1n) is 7.35. The number of rotatable bonds is 3. The summed E-state index contributed by atoms with van der Waals surface area (Å²) in [5.74, 6) is -0.0589. The second-order valence-corrected chi connectivity index (χ2v) is 5.64. The summed E-state index contributed by atoms with van der Waals surface area (Å²) in [5, 5.41) is 3.01. The van der Waals surface area contributed by atoms with E-state index >= 15 is 0 Å². The zero-order chi connectivity index (χ0) is 17.1. The van der Waals surface area contributed by atoms with Gasteiger partial charge in [-0.1, -0.05) is 17.7 Å². The van der Waals surface area contributed by atoms with Crippen molar-refractivity contribution in [1.82, 2.24) is 0 Å². The Bertz CT molecular complexity index is 807. The van der Waals surface area contributed by atoms with E-state index in [1.54, 1.807) is 24.3 Å². The summed E-state index contributed by atoms with van der Waals surface area (Å²) in [7, 11) is 0. The maximum Gasteiger partial charge on any atom is 0.255 e. The van der Waals surface area contributed by atoms with Crippen LogP contribution in [0.5, 0.6) is 11.5 Å². The molecule has 2 amide bonds. The van der Waals surface area contributed by atoms with E-state index in [1.165, 1.54) is 12.1 Å². The molecule has 1 aliphatic rings. The van der Waals surface area contributed by atoms with Gasteiger partial charge in [-0.2, -0.15) is 0 Å².